The molecule has 0 heterocycles. The molecule has 4 nitrogen and oxygen atoms in total. The van der Waals surface area contributed by atoms with Crippen molar-refractivity contribution in [3.8, 4) is 11.5 Å². The minimum Gasteiger partial charge on any atom is -0.507 e. The van der Waals surface area contributed by atoms with Gasteiger partial charge in [0.15, 0.2) is 0 Å². The molecule has 2 rings (SSSR count). The molecule has 0 fully saturated rings. The molecule has 0 spiro atoms. The van der Waals surface area contributed by atoms with E-state index < -0.39 is 0 Å². The third kappa shape index (κ3) is 4.74. The topological polar surface area (TPSA) is 65.2 Å². The zero-order chi connectivity index (χ0) is 15.8. The van der Waals surface area contributed by atoms with Gasteiger partial charge in [-0.25, -0.2) is 0 Å². The number of aliphatic imine (C=N–C) groups is 2. The van der Waals surface area contributed by atoms with Crippen LogP contribution in [0, 0.1) is 6.92 Å². The summed E-state index contributed by atoms with van der Waals surface area (Å²) in [5, 5.41) is 19.3. The van der Waals surface area contributed by atoms with Gasteiger partial charge in [0.1, 0.15) is 11.5 Å². The summed E-state index contributed by atoms with van der Waals surface area (Å²) in [6, 6.07) is 12.5. The van der Waals surface area contributed by atoms with Gasteiger partial charge < -0.3 is 10.2 Å². The van der Waals surface area contributed by atoms with E-state index in [0.717, 1.165) is 23.1 Å². The van der Waals surface area contributed by atoms with Gasteiger partial charge in [0.2, 0.25) is 0 Å². The fourth-order valence-corrected chi connectivity index (χ4v) is 1.95. The molecule has 22 heavy (non-hydrogen) atoms. The largest absolute Gasteiger partial charge is 0.507 e. The number of phenols is 2. The van der Waals surface area contributed by atoms with Crippen LogP contribution in [0.15, 0.2) is 52.4 Å². The number of aromatic hydroxyl groups is 2. The molecule has 0 amide bonds. The number of rotatable bonds is 6. The number of phenolic OH excluding ortho intramolecular Hbond substituents is 2. The third-order valence-electron chi connectivity index (χ3n) is 3.15. The van der Waals surface area contributed by atoms with Gasteiger partial charge in [0.05, 0.1) is 0 Å². The van der Waals surface area contributed by atoms with Crippen LogP contribution in [0.2, 0.25) is 0 Å². The summed E-state index contributed by atoms with van der Waals surface area (Å²) in [4.78, 5) is 8.57. The summed E-state index contributed by atoms with van der Waals surface area (Å²) in [7, 11) is 0. The van der Waals surface area contributed by atoms with Gasteiger partial charge in [-0.1, -0.05) is 23.8 Å². The van der Waals surface area contributed by atoms with Crippen molar-refractivity contribution in [2.45, 2.75) is 13.3 Å². The Bertz CT molecular complexity index is 679. The molecule has 0 aliphatic carbocycles. The van der Waals surface area contributed by atoms with Crippen molar-refractivity contribution in [1.82, 2.24) is 0 Å². The normalized spacial score (nSPS) is 11.5. The highest BCUT2D eigenvalue weighted by Gasteiger charge is 1.97. The number of aryl methyl sites for hydroxylation is 1. The molecule has 0 aliphatic heterocycles. The molecule has 0 unspecified atom stereocenters. The smallest absolute Gasteiger partial charge is 0.124 e. The van der Waals surface area contributed by atoms with Gasteiger partial charge in [0.25, 0.3) is 0 Å². The SMILES string of the molecule is Cc1ccc(O)c(C=NCCCN=Cc2ccccc2O)c1. The minimum absolute atomic E-state index is 0.235. The quantitative estimate of drug-likeness (QED) is 0.634. The van der Waals surface area contributed by atoms with E-state index in [-0.39, 0.29) is 11.5 Å². The van der Waals surface area contributed by atoms with Crippen LogP contribution in [0.5, 0.6) is 11.5 Å². The van der Waals surface area contributed by atoms with Crippen molar-refractivity contribution in [2.24, 2.45) is 9.98 Å². The Morgan fingerprint density at radius 1 is 0.864 bits per heavy atom. The van der Waals surface area contributed by atoms with E-state index in [4.69, 9.17) is 0 Å². The van der Waals surface area contributed by atoms with E-state index in [0.29, 0.717) is 13.1 Å². The van der Waals surface area contributed by atoms with Crippen LogP contribution < -0.4 is 0 Å². The molecule has 0 saturated carbocycles. The van der Waals surface area contributed by atoms with Crippen molar-refractivity contribution in [3.05, 3.63) is 59.2 Å². The Morgan fingerprint density at radius 3 is 2.23 bits per heavy atom. The predicted octanol–water partition coefficient (Wildman–Crippen LogP) is 3.33. The molecular weight excluding hydrogens is 276 g/mol. The lowest BCUT2D eigenvalue weighted by atomic mass is 10.1. The maximum atomic E-state index is 9.69. The zero-order valence-corrected chi connectivity index (χ0v) is 12.6. The second kappa shape index (κ2) is 7.98. The van der Waals surface area contributed by atoms with Crippen LogP contribution in [0.1, 0.15) is 23.1 Å². The lowest BCUT2D eigenvalue weighted by molar-refractivity contribution is 0.474. The first-order valence-corrected chi connectivity index (χ1v) is 7.24. The summed E-state index contributed by atoms with van der Waals surface area (Å²) in [5.74, 6) is 0.478. The summed E-state index contributed by atoms with van der Waals surface area (Å²) >= 11 is 0. The van der Waals surface area contributed by atoms with Gasteiger partial charge in [0, 0.05) is 36.6 Å². The monoisotopic (exact) mass is 296 g/mol. The van der Waals surface area contributed by atoms with Crippen molar-refractivity contribution < 1.29 is 10.2 Å². The van der Waals surface area contributed by atoms with E-state index in [2.05, 4.69) is 9.98 Å². The first-order chi connectivity index (χ1) is 10.7. The van der Waals surface area contributed by atoms with Gasteiger partial charge in [-0.05, 0) is 37.6 Å². The average Bonchev–Trinajstić information content (AvgIpc) is 2.51. The highest BCUT2D eigenvalue weighted by Crippen LogP contribution is 2.16. The minimum atomic E-state index is 0.235. The molecular formula is C18H20N2O2. The van der Waals surface area contributed by atoms with Crippen LogP contribution >= 0.6 is 0 Å². The fraction of sp³-hybridized carbons (Fsp3) is 0.222. The van der Waals surface area contributed by atoms with Gasteiger partial charge in [-0.15, -0.1) is 0 Å². The Morgan fingerprint density at radius 2 is 1.50 bits per heavy atom. The maximum absolute atomic E-state index is 9.69. The number of para-hydroxylation sites is 1. The molecule has 2 N–H and O–H groups in total. The van der Waals surface area contributed by atoms with Crippen molar-refractivity contribution >= 4 is 12.4 Å². The summed E-state index contributed by atoms with van der Waals surface area (Å²) in [5.41, 5.74) is 2.54. The lowest BCUT2D eigenvalue weighted by Gasteiger charge is -2.00. The molecule has 2 aromatic rings. The van der Waals surface area contributed by atoms with Crippen molar-refractivity contribution in [1.29, 1.82) is 0 Å². The van der Waals surface area contributed by atoms with Gasteiger partial charge >= 0.3 is 0 Å². The average molecular weight is 296 g/mol. The van der Waals surface area contributed by atoms with E-state index in [9.17, 15) is 10.2 Å². The predicted molar refractivity (Wildman–Crippen MR) is 90.5 cm³/mol. The van der Waals surface area contributed by atoms with Crippen molar-refractivity contribution in [2.75, 3.05) is 13.1 Å². The Labute approximate surface area is 130 Å². The maximum Gasteiger partial charge on any atom is 0.124 e. The second-order valence-electron chi connectivity index (χ2n) is 5.05. The molecule has 0 aliphatic rings. The van der Waals surface area contributed by atoms with Crippen LogP contribution in [-0.2, 0) is 0 Å². The Kier molecular flexibility index (Phi) is 5.72. The van der Waals surface area contributed by atoms with Crippen LogP contribution in [0.4, 0.5) is 0 Å². The highest BCUT2D eigenvalue weighted by molar-refractivity contribution is 5.84. The number of hydrogen-bond acceptors (Lipinski definition) is 4. The third-order valence-corrected chi connectivity index (χ3v) is 3.15. The Balaban J connectivity index is 1.76. The molecule has 114 valence electrons. The van der Waals surface area contributed by atoms with E-state index in [1.807, 2.05) is 31.2 Å². The van der Waals surface area contributed by atoms with Crippen LogP contribution in [0.25, 0.3) is 0 Å². The standard InChI is InChI=1S/C18H20N2O2/c1-14-7-8-18(22)16(11-14)13-20-10-4-9-19-12-15-5-2-3-6-17(15)21/h2-3,5-8,11-13,21-22H,4,9-10H2,1H3. The van der Waals surface area contributed by atoms with E-state index in [1.165, 1.54) is 0 Å². The fourth-order valence-electron chi connectivity index (χ4n) is 1.95. The summed E-state index contributed by atoms with van der Waals surface area (Å²) in [6.07, 6.45) is 4.17. The number of nitrogens with zero attached hydrogens (tertiary/aromatic N) is 2. The first kappa shape index (κ1) is 15.8. The summed E-state index contributed by atoms with van der Waals surface area (Å²) in [6.45, 7) is 3.27. The van der Waals surface area contributed by atoms with Gasteiger partial charge in [-0.3, -0.25) is 9.98 Å². The van der Waals surface area contributed by atoms with Crippen molar-refractivity contribution in [3.63, 3.8) is 0 Å². The molecule has 0 atom stereocenters. The van der Waals surface area contributed by atoms with Crippen LogP contribution in [-0.4, -0.2) is 35.7 Å². The Hall–Kier alpha value is -2.62. The molecule has 2 aromatic carbocycles. The van der Waals surface area contributed by atoms with E-state index in [1.54, 1.807) is 30.6 Å². The van der Waals surface area contributed by atoms with E-state index >= 15 is 0 Å². The molecule has 0 saturated heterocycles. The number of hydrogen-bond donors (Lipinski definition) is 2. The first-order valence-electron chi connectivity index (χ1n) is 7.24. The van der Waals surface area contributed by atoms with Crippen LogP contribution in [0.3, 0.4) is 0 Å². The highest BCUT2D eigenvalue weighted by atomic mass is 16.3. The lowest BCUT2D eigenvalue weighted by Crippen LogP contribution is -1.90. The zero-order valence-electron chi connectivity index (χ0n) is 12.6. The number of benzene rings is 2. The summed E-state index contributed by atoms with van der Waals surface area (Å²) < 4.78 is 0. The molecule has 0 bridgehead atoms. The molecule has 0 radical (unpaired) electrons. The second-order valence-corrected chi connectivity index (χ2v) is 5.05. The molecule has 0 aromatic heterocycles. The molecule has 4 heteroatoms. The van der Waals surface area contributed by atoms with Gasteiger partial charge in [-0.2, -0.15) is 0 Å².